The standard InChI is InChI=1S/C13H9NO3S2/c15-12-11(7-9-3-1-5-16-9)19-13(18)14(12)8-10-4-2-6-17-10/h1-7H,8H2. The molecule has 4 nitrogen and oxygen atoms in total. The summed E-state index contributed by atoms with van der Waals surface area (Å²) in [6.07, 6.45) is 4.84. The van der Waals surface area contributed by atoms with Gasteiger partial charge in [0.15, 0.2) is 0 Å². The Kier molecular flexibility index (Phi) is 3.27. The van der Waals surface area contributed by atoms with E-state index in [2.05, 4.69) is 0 Å². The number of thiocarbonyl (C=S) groups is 1. The fraction of sp³-hybridized carbons (Fsp3) is 0.0769. The minimum absolute atomic E-state index is 0.122. The molecule has 3 rings (SSSR count). The first-order valence-corrected chi connectivity index (χ1v) is 6.78. The molecule has 0 saturated carbocycles. The van der Waals surface area contributed by atoms with E-state index in [1.54, 1.807) is 36.8 Å². The number of hydrogen-bond acceptors (Lipinski definition) is 5. The first kappa shape index (κ1) is 12.3. The third kappa shape index (κ3) is 2.50. The molecule has 0 aliphatic carbocycles. The first-order valence-electron chi connectivity index (χ1n) is 5.55. The Balaban J connectivity index is 1.81. The van der Waals surface area contributed by atoms with Gasteiger partial charge in [-0.15, -0.1) is 0 Å². The molecule has 1 aliphatic rings. The summed E-state index contributed by atoms with van der Waals surface area (Å²) in [6.45, 7) is 0.354. The van der Waals surface area contributed by atoms with Crippen LogP contribution in [0.5, 0.6) is 0 Å². The quantitative estimate of drug-likeness (QED) is 0.641. The van der Waals surface area contributed by atoms with Crippen LogP contribution in [0.4, 0.5) is 0 Å². The lowest BCUT2D eigenvalue weighted by Gasteiger charge is -2.11. The lowest BCUT2D eigenvalue weighted by molar-refractivity contribution is -0.122. The summed E-state index contributed by atoms with van der Waals surface area (Å²) >= 11 is 6.49. The molecule has 0 unspecified atom stereocenters. The van der Waals surface area contributed by atoms with E-state index in [-0.39, 0.29) is 5.91 Å². The predicted octanol–water partition coefficient (Wildman–Crippen LogP) is 3.27. The molecule has 1 fully saturated rings. The molecule has 0 N–H and O–H groups in total. The molecule has 96 valence electrons. The van der Waals surface area contributed by atoms with Crippen molar-refractivity contribution in [2.24, 2.45) is 0 Å². The molecule has 3 heterocycles. The van der Waals surface area contributed by atoms with E-state index in [1.807, 2.05) is 6.07 Å². The van der Waals surface area contributed by atoms with E-state index in [0.29, 0.717) is 27.3 Å². The molecule has 0 radical (unpaired) electrons. The smallest absolute Gasteiger partial charge is 0.266 e. The number of carbonyl (C=O) groups excluding carboxylic acids is 1. The zero-order valence-electron chi connectivity index (χ0n) is 9.74. The van der Waals surface area contributed by atoms with Gasteiger partial charge in [-0.3, -0.25) is 9.69 Å². The van der Waals surface area contributed by atoms with Gasteiger partial charge in [-0.25, -0.2) is 0 Å². The molecule has 0 atom stereocenters. The number of thioether (sulfide) groups is 1. The first-order chi connectivity index (χ1) is 9.24. The van der Waals surface area contributed by atoms with E-state index in [9.17, 15) is 4.79 Å². The van der Waals surface area contributed by atoms with Gasteiger partial charge in [0, 0.05) is 6.08 Å². The largest absolute Gasteiger partial charge is 0.467 e. The van der Waals surface area contributed by atoms with Gasteiger partial charge in [-0.05, 0) is 24.3 Å². The van der Waals surface area contributed by atoms with E-state index >= 15 is 0 Å². The van der Waals surface area contributed by atoms with Gasteiger partial charge >= 0.3 is 0 Å². The van der Waals surface area contributed by atoms with Crippen LogP contribution in [-0.4, -0.2) is 15.1 Å². The highest BCUT2D eigenvalue weighted by Crippen LogP contribution is 2.33. The molecular formula is C13H9NO3S2. The number of amides is 1. The summed E-state index contributed by atoms with van der Waals surface area (Å²) in [7, 11) is 0. The molecule has 6 heteroatoms. The zero-order valence-corrected chi connectivity index (χ0v) is 11.4. The van der Waals surface area contributed by atoms with Crippen molar-refractivity contribution in [3.8, 4) is 0 Å². The maximum absolute atomic E-state index is 12.2. The summed E-state index contributed by atoms with van der Waals surface area (Å²) in [5.41, 5.74) is 0. The van der Waals surface area contributed by atoms with E-state index in [4.69, 9.17) is 21.1 Å². The molecule has 1 amide bonds. The SMILES string of the molecule is O=C1C(=Cc2ccco2)SC(=S)N1Cc1ccco1. The van der Waals surface area contributed by atoms with Crippen LogP contribution in [0.15, 0.2) is 50.5 Å². The second-order valence-electron chi connectivity index (χ2n) is 3.86. The summed E-state index contributed by atoms with van der Waals surface area (Å²) in [5.74, 6) is 1.22. The van der Waals surface area contributed by atoms with Crippen molar-refractivity contribution >= 4 is 40.3 Å². The van der Waals surface area contributed by atoms with Crippen molar-refractivity contribution in [2.75, 3.05) is 0 Å². The van der Waals surface area contributed by atoms with Crippen LogP contribution in [-0.2, 0) is 11.3 Å². The number of hydrogen-bond donors (Lipinski definition) is 0. The van der Waals surface area contributed by atoms with Gasteiger partial charge < -0.3 is 8.83 Å². The molecule has 0 aromatic carbocycles. The third-order valence-corrected chi connectivity index (χ3v) is 3.96. The third-order valence-electron chi connectivity index (χ3n) is 2.58. The highest BCUT2D eigenvalue weighted by Gasteiger charge is 2.32. The number of furan rings is 2. The fourth-order valence-corrected chi connectivity index (χ4v) is 2.93. The Bertz CT molecular complexity index is 629. The van der Waals surface area contributed by atoms with Gasteiger partial charge in [-0.2, -0.15) is 0 Å². The molecule has 1 saturated heterocycles. The average molecular weight is 291 g/mol. The van der Waals surface area contributed by atoms with Crippen LogP contribution in [0.1, 0.15) is 11.5 Å². The van der Waals surface area contributed by atoms with Crippen molar-refractivity contribution in [3.63, 3.8) is 0 Å². The highest BCUT2D eigenvalue weighted by atomic mass is 32.2. The monoisotopic (exact) mass is 291 g/mol. The van der Waals surface area contributed by atoms with Gasteiger partial charge in [0.05, 0.1) is 24.0 Å². The van der Waals surface area contributed by atoms with Crippen LogP contribution in [0.3, 0.4) is 0 Å². The number of carbonyl (C=O) groups is 1. The molecule has 0 bridgehead atoms. The molecular weight excluding hydrogens is 282 g/mol. The minimum Gasteiger partial charge on any atom is -0.467 e. The van der Waals surface area contributed by atoms with Gasteiger partial charge in [0.2, 0.25) is 0 Å². The van der Waals surface area contributed by atoms with Crippen molar-refractivity contribution in [1.82, 2.24) is 4.90 Å². The van der Waals surface area contributed by atoms with Crippen LogP contribution in [0.2, 0.25) is 0 Å². The van der Waals surface area contributed by atoms with Gasteiger partial charge in [0.25, 0.3) is 5.91 Å². The number of rotatable bonds is 3. The van der Waals surface area contributed by atoms with Crippen LogP contribution in [0.25, 0.3) is 6.08 Å². The van der Waals surface area contributed by atoms with Crippen LogP contribution in [0, 0.1) is 0 Å². The normalized spacial score (nSPS) is 17.7. The average Bonchev–Trinajstić information content (AvgIpc) is 3.10. The van der Waals surface area contributed by atoms with Gasteiger partial charge in [-0.1, -0.05) is 24.0 Å². The highest BCUT2D eigenvalue weighted by molar-refractivity contribution is 8.26. The second-order valence-corrected chi connectivity index (χ2v) is 5.54. The topological polar surface area (TPSA) is 46.6 Å². The summed E-state index contributed by atoms with van der Waals surface area (Å²) in [5, 5.41) is 0. The number of nitrogens with zero attached hydrogens (tertiary/aromatic N) is 1. The van der Waals surface area contributed by atoms with Crippen LogP contribution >= 0.6 is 24.0 Å². The van der Waals surface area contributed by atoms with E-state index in [1.165, 1.54) is 16.7 Å². The van der Waals surface area contributed by atoms with Crippen molar-refractivity contribution < 1.29 is 13.6 Å². The van der Waals surface area contributed by atoms with Crippen molar-refractivity contribution in [3.05, 3.63) is 53.2 Å². The summed E-state index contributed by atoms with van der Waals surface area (Å²) < 4.78 is 11.0. The Morgan fingerprint density at radius 3 is 2.74 bits per heavy atom. The Labute approximate surface area is 119 Å². The molecule has 1 aliphatic heterocycles. The molecule has 2 aromatic heterocycles. The maximum atomic E-state index is 12.2. The summed E-state index contributed by atoms with van der Waals surface area (Å²) in [6, 6.07) is 7.16. The fourth-order valence-electron chi connectivity index (χ4n) is 1.70. The van der Waals surface area contributed by atoms with Crippen molar-refractivity contribution in [1.29, 1.82) is 0 Å². The predicted molar refractivity (Wildman–Crippen MR) is 76.1 cm³/mol. The summed E-state index contributed by atoms with van der Waals surface area (Å²) in [4.78, 5) is 14.3. The van der Waals surface area contributed by atoms with Gasteiger partial charge in [0.1, 0.15) is 15.8 Å². The van der Waals surface area contributed by atoms with Crippen LogP contribution < -0.4 is 0 Å². The minimum atomic E-state index is -0.122. The molecule has 2 aromatic rings. The van der Waals surface area contributed by atoms with Crippen molar-refractivity contribution in [2.45, 2.75) is 6.54 Å². The van der Waals surface area contributed by atoms with E-state index in [0.717, 1.165) is 0 Å². The Hall–Kier alpha value is -1.79. The lowest BCUT2D eigenvalue weighted by atomic mass is 10.3. The molecule has 19 heavy (non-hydrogen) atoms. The van der Waals surface area contributed by atoms with E-state index < -0.39 is 0 Å². The maximum Gasteiger partial charge on any atom is 0.266 e. The Morgan fingerprint density at radius 1 is 1.26 bits per heavy atom. The second kappa shape index (κ2) is 5.07. The Morgan fingerprint density at radius 2 is 2.05 bits per heavy atom. The molecule has 0 spiro atoms. The lowest BCUT2D eigenvalue weighted by Crippen LogP contribution is -2.27. The zero-order chi connectivity index (χ0) is 13.2.